The normalized spacial score (nSPS) is 25.0. The van der Waals surface area contributed by atoms with E-state index in [4.69, 9.17) is 0 Å². The topological polar surface area (TPSA) is 60.9 Å². The largest absolute Gasteiger partial charge is 0.369 e. The fourth-order valence-electron chi connectivity index (χ4n) is 5.38. The second-order valence-electron chi connectivity index (χ2n) is 9.28. The van der Waals surface area contributed by atoms with E-state index in [1.54, 1.807) is 0 Å². The number of nitrogens with zero attached hydrogens (tertiary/aromatic N) is 3. The summed E-state index contributed by atoms with van der Waals surface area (Å²) in [5.74, 6) is 0.502. The highest BCUT2D eigenvalue weighted by Gasteiger charge is 2.39. The minimum atomic E-state index is -3.00. The van der Waals surface area contributed by atoms with Gasteiger partial charge in [0, 0.05) is 44.0 Å². The van der Waals surface area contributed by atoms with Crippen molar-refractivity contribution >= 4 is 21.4 Å². The highest BCUT2D eigenvalue weighted by Crippen LogP contribution is 2.30. The van der Waals surface area contributed by atoms with Gasteiger partial charge in [0.05, 0.1) is 18.1 Å². The molecule has 4 rings (SSSR count). The highest BCUT2D eigenvalue weighted by atomic mass is 32.2. The van der Waals surface area contributed by atoms with Crippen LogP contribution in [0.15, 0.2) is 18.2 Å². The molecule has 1 atom stereocenters. The summed E-state index contributed by atoms with van der Waals surface area (Å²) >= 11 is 0. The van der Waals surface area contributed by atoms with Crippen molar-refractivity contribution in [2.24, 2.45) is 0 Å². The van der Waals surface area contributed by atoms with Gasteiger partial charge in [-0.05, 0) is 50.3 Å². The van der Waals surface area contributed by atoms with Crippen LogP contribution < -0.4 is 4.90 Å². The second kappa shape index (κ2) is 8.87. The van der Waals surface area contributed by atoms with Gasteiger partial charge in [0.2, 0.25) is 5.91 Å². The molecule has 1 amide bonds. The Bertz CT molecular complexity index is 872. The van der Waals surface area contributed by atoms with E-state index in [1.165, 1.54) is 16.8 Å². The fraction of sp³-hybridized carbons (Fsp3) is 0.696. The number of carbonyl (C=O) groups excluding carboxylic acids is 1. The zero-order valence-electron chi connectivity index (χ0n) is 18.3. The number of amides is 1. The zero-order valence-corrected chi connectivity index (χ0v) is 19.2. The molecule has 1 aromatic carbocycles. The number of aryl methyl sites for hydroxylation is 1. The third-order valence-electron chi connectivity index (χ3n) is 7.26. The molecule has 2 heterocycles. The van der Waals surface area contributed by atoms with Crippen LogP contribution in [-0.4, -0.2) is 80.4 Å². The van der Waals surface area contributed by atoms with E-state index < -0.39 is 9.84 Å². The van der Waals surface area contributed by atoms with E-state index >= 15 is 0 Å². The molecule has 0 N–H and O–H groups in total. The SMILES string of the molecule is Cc1cccc(N2CCN(CC(=O)N(C3CCCC3)[C@H]3CCS(=O)(=O)C3)CC2)c1C. The van der Waals surface area contributed by atoms with Crippen molar-refractivity contribution < 1.29 is 13.2 Å². The molecule has 2 aliphatic heterocycles. The lowest BCUT2D eigenvalue weighted by Crippen LogP contribution is -2.54. The molecule has 7 heteroatoms. The van der Waals surface area contributed by atoms with E-state index in [1.807, 2.05) is 4.90 Å². The maximum Gasteiger partial charge on any atom is 0.237 e. The Morgan fingerprint density at radius 1 is 1.03 bits per heavy atom. The molecule has 0 aromatic heterocycles. The molecule has 2 saturated heterocycles. The van der Waals surface area contributed by atoms with Crippen molar-refractivity contribution in [3.8, 4) is 0 Å². The van der Waals surface area contributed by atoms with Crippen molar-refractivity contribution in [2.75, 3.05) is 49.1 Å². The number of hydrogen-bond acceptors (Lipinski definition) is 5. The van der Waals surface area contributed by atoms with Crippen molar-refractivity contribution in [1.29, 1.82) is 0 Å². The summed E-state index contributed by atoms with van der Waals surface area (Å²) in [5.41, 5.74) is 3.94. The van der Waals surface area contributed by atoms with Gasteiger partial charge < -0.3 is 9.80 Å². The Balaban J connectivity index is 1.38. The van der Waals surface area contributed by atoms with Crippen LogP contribution in [0.25, 0.3) is 0 Å². The van der Waals surface area contributed by atoms with Crippen LogP contribution in [-0.2, 0) is 14.6 Å². The molecule has 1 aliphatic carbocycles. The molecule has 0 spiro atoms. The Morgan fingerprint density at radius 3 is 2.37 bits per heavy atom. The van der Waals surface area contributed by atoms with Crippen LogP contribution in [0, 0.1) is 13.8 Å². The van der Waals surface area contributed by atoms with Gasteiger partial charge in [-0.3, -0.25) is 9.69 Å². The molecule has 1 aromatic rings. The number of piperazine rings is 1. The number of anilines is 1. The van der Waals surface area contributed by atoms with Crippen LogP contribution in [0.2, 0.25) is 0 Å². The summed E-state index contributed by atoms with van der Waals surface area (Å²) in [7, 11) is -3.00. The second-order valence-corrected chi connectivity index (χ2v) is 11.5. The molecule has 3 fully saturated rings. The summed E-state index contributed by atoms with van der Waals surface area (Å²) in [4.78, 5) is 20.0. The Kier molecular flexibility index (Phi) is 6.39. The first-order chi connectivity index (χ1) is 14.3. The first kappa shape index (κ1) is 21.6. The number of rotatable bonds is 5. The van der Waals surface area contributed by atoms with E-state index in [2.05, 4.69) is 41.8 Å². The van der Waals surface area contributed by atoms with Crippen molar-refractivity contribution in [2.45, 2.75) is 58.0 Å². The number of carbonyl (C=O) groups is 1. The summed E-state index contributed by atoms with van der Waals surface area (Å²) < 4.78 is 24.1. The molecular formula is C23H35N3O3S. The summed E-state index contributed by atoms with van der Waals surface area (Å²) in [6.45, 7) is 8.29. The van der Waals surface area contributed by atoms with Gasteiger partial charge in [-0.25, -0.2) is 8.42 Å². The number of sulfone groups is 1. The van der Waals surface area contributed by atoms with Crippen molar-refractivity contribution in [3.63, 3.8) is 0 Å². The minimum absolute atomic E-state index is 0.123. The van der Waals surface area contributed by atoms with Crippen molar-refractivity contribution in [1.82, 2.24) is 9.80 Å². The predicted octanol–water partition coefficient (Wildman–Crippen LogP) is 2.38. The molecule has 30 heavy (non-hydrogen) atoms. The maximum absolute atomic E-state index is 13.3. The average Bonchev–Trinajstić information content (AvgIpc) is 3.35. The van der Waals surface area contributed by atoms with Crippen molar-refractivity contribution in [3.05, 3.63) is 29.3 Å². The van der Waals surface area contributed by atoms with E-state index in [0.29, 0.717) is 13.0 Å². The molecule has 166 valence electrons. The molecular weight excluding hydrogens is 398 g/mol. The van der Waals surface area contributed by atoms with Gasteiger partial charge in [0.25, 0.3) is 0 Å². The summed E-state index contributed by atoms with van der Waals surface area (Å²) in [6, 6.07) is 6.55. The van der Waals surface area contributed by atoms with Gasteiger partial charge in [-0.1, -0.05) is 25.0 Å². The van der Waals surface area contributed by atoms with Gasteiger partial charge in [-0.2, -0.15) is 0 Å². The van der Waals surface area contributed by atoms with Gasteiger partial charge in [0.15, 0.2) is 9.84 Å². The van der Waals surface area contributed by atoms with Crippen LogP contribution in [0.3, 0.4) is 0 Å². The standard InChI is InChI=1S/C23H35N3O3S/c1-18-6-5-9-22(19(18)2)25-13-11-24(12-14-25)16-23(27)26(20-7-3-4-8-20)21-10-15-30(28,29)17-21/h5-6,9,20-21H,3-4,7-8,10-17H2,1-2H3/t21-/m0/s1. The number of benzene rings is 1. The molecule has 0 bridgehead atoms. The quantitative estimate of drug-likeness (QED) is 0.714. The zero-order chi connectivity index (χ0) is 21.3. The fourth-order valence-corrected chi connectivity index (χ4v) is 7.09. The Labute approximate surface area is 181 Å². The van der Waals surface area contributed by atoms with E-state index in [9.17, 15) is 13.2 Å². The first-order valence-corrected chi connectivity index (χ1v) is 13.2. The third-order valence-corrected chi connectivity index (χ3v) is 9.01. The van der Waals surface area contributed by atoms with Gasteiger partial charge in [0.1, 0.15) is 0 Å². The maximum atomic E-state index is 13.3. The monoisotopic (exact) mass is 433 g/mol. The smallest absolute Gasteiger partial charge is 0.237 e. The average molecular weight is 434 g/mol. The van der Waals surface area contributed by atoms with Gasteiger partial charge >= 0.3 is 0 Å². The lowest BCUT2D eigenvalue weighted by atomic mass is 10.1. The predicted molar refractivity (Wildman–Crippen MR) is 121 cm³/mol. The molecule has 0 unspecified atom stereocenters. The summed E-state index contributed by atoms with van der Waals surface area (Å²) in [5, 5.41) is 0. The molecule has 6 nitrogen and oxygen atoms in total. The van der Waals surface area contributed by atoms with E-state index in [-0.39, 0.29) is 29.5 Å². The molecule has 0 radical (unpaired) electrons. The lowest BCUT2D eigenvalue weighted by Gasteiger charge is -2.39. The Morgan fingerprint density at radius 2 is 1.73 bits per heavy atom. The highest BCUT2D eigenvalue weighted by molar-refractivity contribution is 7.91. The van der Waals surface area contributed by atoms with Crippen LogP contribution >= 0.6 is 0 Å². The number of hydrogen-bond donors (Lipinski definition) is 0. The minimum Gasteiger partial charge on any atom is -0.369 e. The summed E-state index contributed by atoms with van der Waals surface area (Å²) in [6.07, 6.45) is 4.92. The molecule has 3 aliphatic rings. The van der Waals surface area contributed by atoms with Gasteiger partial charge in [-0.15, -0.1) is 0 Å². The first-order valence-electron chi connectivity index (χ1n) is 11.4. The lowest BCUT2D eigenvalue weighted by molar-refractivity contribution is -0.137. The van der Waals surface area contributed by atoms with E-state index in [0.717, 1.165) is 51.9 Å². The Hall–Kier alpha value is -1.60. The van der Waals surface area contributed by atoms with Crippen LogP contribution in [0.1, 0.15) is 43.2 Å². The van der Waals surface area contributed by atoms with Crippen LogP contribution in [0.5, 0.6) is 0 Å². The molecule has 1 saturated carbocycles. The van der Waals surface area contributed by atoms with Crippen LogP contribution in [0.4, 0.5) is 5.69 Å². The third kappa shape index (κ3) is 4.67.